The van der Waals surface area contributed by atoms with Crippen molar-refractivity contribution >= 4 is 0 Å². The van der Waals surface area contributed by atoms with Crippen molar-refractivity contribution in [2.24, 2.45) is 11.3 Å². The molecule has 3 heteroatoms. The van der Waals surface area contributed by atoms with Crippen molar-refractivity contribution in [1.82, 2.24) is 15.1 Å². The second-order valence-corrected chi connectivity index (χ2v) is 6.95. The van der Waals surface area contributed by atoms with E-state index in [9.17, 15) is 0 Å². The predicted molar refractivity (Wildman–Crippen MR) is 77.9 cm³/mol. The van der Waals surface area contributed by atoms with Crippen LogP contribution < -0.4 is 5.32 Å². The zero-order valence-corrected chi connectivity index (χ0v) is 12.5. The molecule has 1 N–H and O–H groups in total. The van der Waals surface area contributed by atoms with Gasteiger partial charge in [0.2, 0.25) is 0 Å². The minimum absolute atomic E-state index is 0.431. The van der Waals surface area contributed by atoms with Gasteiger partial charge in [-0.1, -0.05) is 20.8 Å². The number of hydrogen-bond donors (Lipinski definition) is 1. The molecular formula is C15H31N3. The summed E-state index contributed by atoms with van der Waals surface area (Å²) >= 11 is 0. The van der Waals surface area contributed by atoms with Gasteiger partial charge in [0.1, 0.15) is 0 Å². The van der Waals surface area contributed by atoms with Crippen LogP contribution in [0.5, 0.6) is 0 Å². The van der Waals surface area contributed by atoms with E-state index >= 15 is 0 Å². The third-order valence-corrected chi connectivity index (χ3v) is 4.53. The predicted octanol–water partition coefficient (Wildman–Crippen LogP) is 1.65. The lowest BCUT2D eigenvalue weighted by atomic mass is 9.91. The number of nitrogens with one attached hydrogen (secondary N) is 1. The van der Waals surface area contributed by atoms with Gasteiger partial charge in [-0.05, 0) is 43.8 Å². The molecule has 0 spiro atoms. The van der Waals surface area contributed by atoms with E-state index in [-0.39, 0.29) is 0 Å². The first kappa shape index (κ1) is 14.3. The molecule has 0 unspecified atom stereocenters. The van der Waals surface area contributed by atoms with Crippen molar-refractivity contribution in [2.75, 3.05) is 52.4 Å². The van der Waals surface area contributed by atoms with E-state index in [2.05, 4.69) is 35.9 Å². The minimum atomic E-state index is 0.431. The lowest BCUT2D eigenvalue weighted by Gasteiger charge is -2.36. The summed E-state index contributed by atoms with van der Waals surface area (Å²) in [5, 5.41) is 3.57. The van der Waals surface area contributed by atoms with Crippen LogP contribution in [0.2, 0.25) is 0 Å². The van der Waals surface area contributed by atoms with E-state index in [1.807, 2.05) is 0 Å². The molecule has 0 bridgehead atoms. The second-order valence-electron chi connectivity index (χ2n) is 6.95. The quantitative estimate of drug-likeness (QED) is 0.825. The van der Waals surface area contributed by atoms with Crippen LogP contribution in [0.3, 0.4) is 0 Å². The number of hydrogen-bond acceptors (Lipinski definition) is 3. The van der Waals surface area contributed by atoms with Gasteiger partial charge >= 0.3 is 0 Å². The topological polar surface area (TPSA) is 18.5 Å². The van der Waals surface area contributed by atoms with E-state index in [4.69, 9.17) is 0 Å². The van der Waals surface area contributed by atoms with Gasteiger partial charge < -0.3 is 15.1 Å². The summed E-state index contributed by atoms with van der Waals surface area (Å²) in [5.41, 5.74) is 0.431. The van der Waals surface area contributed by atoms with E-state index in [0.717, 1.165) is 19.0 Å². The normalized spacial score (nSPS) is 28.2. The smallest absolute Gasteiger partial charge is 0.0107 e. The van der Waals surface area contributed by atoms with Crippen LogP contribution in [0, 0.1) is 11.3 Å². The van der Waals surface area contributed by atoms with E-state index in [1.54, 1.807) is 0 Å². The molecular weight excluding hydrogens is 222 g/mol. The standard InChI is InChI=1S/C15H31N3/c1-4-17-8-5-14(6-9-17)11-18-10-7-16-12-15(2,3)13-18/h14,16H,4-13H2,1-3H3. The molecule has 2 heterocycles. The average molecular weight is 253 g/mol. The van der Waals surface area contributed by atoms with Crippen molar-refractivity contribution in [3.63, 3.8) is 0 Å². The highest BCUT2D eigenvalue weighted by atomic mass is 15.2. The summed E-state index contributed by atoms with van der Waals surface area (Å²) in [6.45, 7) is 17.1. The van der Waals surface area contributed by atoms with Crippen molar-refractivity contribution in [2.45, 2.75) is 33.6 Å². The summed E-state index contributed by atoms with van der Waals surface area (Å²) in [5.74, 6) is 0.932. The van der Waals surface area contributed by atoms with Crippen molar-refractivity contribution in [3.05, 3.63) is 0 Å². The van der Waals surface area contributed by atoms with Gasteiger partial charge in [0.05, 0.1) is 0 Å². The third-order valence-electron chi connectivity index (χ3n) is 4.53. The number of nitrogens with zero attached hydrogens (tertiary/aromatic N) is 2. The minimum Gasteiger partial charge on any atom is -0.315 e. The van der Waals surface area contributed by atoms with Crippen LogP contribution in [0.4, 0.5) is 0 Å². The van der Waals surface area contributed by atoms with Crippen LogP contribution in [-0.2, 0) is 0 Å². The van der Waals surface area contributed by atoms with Crippen LogP contribution in [-0.4, -0.2) is 62.2 Å². The monoisotopic (exact) mass is 253 g/mol. The van der Waals surface area contributed by atoms with E-state index < -0.39 is 0 Å². The van der Waals surface area contributed by atoms with Gasteiger partial charge in [-0.15, -0.1) is 0 Å². The summed E-state index contributed by atoms with van der Waals surface area (Å²) in [6.07, 6.45) is 2.80. The maximum atomic E-state index is 3.57. The maximum Gasteiger partial charge on any atom is 0.0107 e. The highest BCUT2D eigenvalue weighted by molar-refractivity contribution is 4.83. The Bertz CT molecular complexity index is 244. The molecule has 106 valence electrons. The fourth-order valence-electron chi connectivity index (χ4n) is 3.41. The molecule has 2 saturated heterocycles. The summed E-state index contributed by atoms with van der Waals surface area (Å²) < 4.78 is 0. The average Bonchev–Trinajstić information content (AvgIpc) is 2.51. The Kier molecular flexibility index (Phi) is 5.05. The molecule has 0 aliphatic carbocycles. The van der Waals surface area contributed by atoms with Gasteiger partial charge in [-0.2, -0.15) is 0 Å². The van der Waals surface area contributed by atoms with Crippen molar-refractivity contribution in [3.8, 4) is 0 Å². The largest absolute Gasteiger partial charge is 0.315 e. The second kappa shape index (κ2) is 6.36. The molecule has 2 aliphatic rings. The number of likely N-dealkylation sites (tertiary alicyclic amines) is 1. The molecule has 0 aromatic rings. The van der Waals surface area contributed by atoms with Crippen LogP contribution in [0.15, 0.2) is 0 Å². The molecule has 2 rings (SSSR count). The van der Waals surface area contributed by atoms with E-state index in [0.29, 0.717) is 5.41 Å². The highest BCUT2D eigenvalue weighted by Crippen LogP contribution is 2.22. The molecule has 2 aliphatic heterocycles. The number of rotatable bonds is 3. The maximum absolute atomic E-state index is 3.57. The molecule has 0 amide bonds. The molecule has 0 atom stereocenters. The molecule has 0 saturated carbocycles. The summed E-state index contributed by atoms with van der Waals surface area (Å²) in [6, 6.07) is 0. The first-order chi connectivity index (χ1) is 8.59. The summed E-state index contributed by atoms with van der Waals surface area (Å²) in [7, 11) is 0. The first-order valence-corrected chi connectivity index (χ1v) is 7.74. The molecule has 3 nitrogen and oxygen atoms in total. The third kappa shape index (κ3) is 4.22. The lowest BCUT2D eigenvalue weighted by Crippen LogP contribution is -2.41. The Morgan fingerprint density at radius 1 is 1.11 bits per heavy atom. The van der Waals surface area contributed by atoms with Crippen molar-refractivity contribution < 1.29 is 0 Å². The van der Waals surface area contributed by atoms with Crippen LogP contribution in [0.25, 0.3) is 0 Å². The Labute approximate surface area is 113 Å². The highest BCUT2D eigenvalue weighted by Gasteiger charge is 2.27. The molecule has 0 aromatic carbocycles. The Morgan fingerprint density at radius 2 is 1.83 bits per heavy atom. The Morgan fingerprint density at radius 3 is 2.50 bits per heavy atom. The summed E-state index contributed by atoms with van der Waals surface area (Å²) in [4.78, 5) is 5.29. The van der Waals surface area contributed by atoms with Crippen LogP contribution >= 0.6 is 0 Å². The van der Waals surface area contributed by atoms with Gasteiger partial charge in [0.15, 0.2) is 0 Å². The van der Waals surface area contributed by atoms with Gasteiger partial charge in [0, 0.05) is 32.7 Å². The van der Waals surface area contributed by atoms with Gasteiger partial charge in [-0.3, -0.25) is 0 Å². The fraction of sp³-hybridized carbons (Fsp3) is 1.00. The van der Waals surface area contributed by atoms with Gasteiger partial charge in [-0.25, -0.2) is 0 Å². The van der Waals surface area contributed by atoms with Gasteiger partial charge in [0.25, 0.3) is 0 Å². The molecule has 0 aromatic heterocycles. The fourth-order valence-corrected chi connectivity index (χ4v) is 3.41. The van der Waals surface area contributed by atoms with Crippen molar-refractivity contribution in [1.29, 1.82) is 0 Å². The first-order valence-electron chi connectivity index (χ1n) is 7.74. The molecule has 2 fully saturated rings. The van der Waals surface area contributed by atoms with E-state index in [1.165, 1.54) is 52.1 Å². The van der Waals surface area contributed by atoms with Crippen LogP contribution in [0.1, 0.15) is 33.6 Å². The molecule has 18 heavy (non-hydrogen) atoms. The lowest BCUT2D eigenvalue weighted by molar-refractivity contribution is 0.131. The Hall–Kier alpha value is -0.120. The number of piperidine rings is 1. The zero-order valence-electron chi connectivity index (χ0n) is 12.5. The SMILES string of the molecule is CCN1CCC(CN2CCNCC(C)(C)C2)CC1. The molecule has 0 radical (unpaired) electrons. The Balaban J connectivity index is 1.78. The zero-order chi connectivity index (χ0) is 13.0.